The normalized spacial score (nSPS) is 20.2. The first-order chi connectivity index (χ1) is 10.3. The van der Waals surface area contributed by atoms with Gasteiger partial charge in [0.05, 0.1) is 10.9 Å². The van der Waals surface area contributed by atoms with Crippen molar-refractivity contribution in [2.75, 3.05) is 19.8 Å². The molecule has 0 saturated carbocycles. The number of carboxylic acids is 1. The minimum atomic E-state index is -3.77. The third-order valence-electron chi connectivity index (χ3n) is 3.32. The lowest BCUT2D eigenvalue weighted by molar-refractivity contribution is -0.142. The van der Waals surface area contributed by atoms with Crippen molar-refractivity contribution in [2.24, 2.45) is 0 Å². The maximum atomic E-state index is 12.7. The molecule has 1 aliphatic rings. The highest BCUT2D eigenvalue weighted by Crippen LogP contribution is 2.37. The van der Waals surface area contributed by atoms with Gasteiger partial charge in [-0.15, -0.1) is 11.3 Å². The summed E-state index contributed by atoms with van der Waals surface area (Å²) < 4.78 is 32.3. The molecule has 22 heavy (non-hydrogen) atoms. The van der Waals surface area contributed by atoms with Crippen LogP contribution in [0.4, 0.5) is 0 Å². The predicted molar refractivity (Wildman–Crippen MR) is 84.3 cm³/mol. The van der Waals surface area contributed by atoms with Gasteiger partial charge in [0, 0.05) is 12.6 Å². The number of nitrogens with zero attached hydrogens (tertiary/aromatic N) is 1. The van der Waals surface area contributed by atoms with Crippen molar-refractivity contribution in [1.82, 2.24) is 4.31 Å². The topological polar surface area (TPSA) is 83.9 Å². The highest BCUT2D eigenvalue weighted by Gasteiger charge is 2.35. The molecular formula is C12H15Cl2NO5S2. The zero-order chi connectivity index (χ0) is 16.3. The Balaban J connectivity index is 2.19. The number of piperidine rings is 1. The molecule has 1 aromatic heterocycles. The molecule has 10 heteroatoms. The summed E-state index contributed by atoms with van der Waals surface area (Å²) in [5.74, 6) is -1.09. The average Bonchev–Trinajstić information content (AvgIpc) is 2.78. The van der Waals surface area contributed by atoms with Crippen LogP contribution in [0.1, 0.15) is 19.3 Å². The van der Waals surface area contributed by atoms with Crippen molar-refractivity contribution in [3.63, 3.8) is 0 Å². The average molecular weight is 388 g/mol. The van der Waals surface area contributed by atoms with Crippen LogP contribution in [0.5, 0.6) is 0 Å². The summed E-state index contributed by atoms with van der Waals surface area (Å²) in [4.78, 5) is 10.5. The number of hydrogen-bond donors (Lipinski definition) is 1. The molecule has 1 aromatic rings. The van der Waals surface area contributed by atoms with E-state index in [4.69, 9.17) is 33.0 Å². The molecule has 1 aliphatic heterocycles. The Morgan fingerprint density at radius 2 is 2.18 bits per heavy atom. The summed E-state index contributed by atoms with van der Waals surface area (Å²) in [5.41, 5.74) is 0. The van der Waals surface area contributed by atoms with Gasteiger partial charge in [-0.2, -0.15) is 4.31 Å². The largest absolute Gasteiger partial charge is 0.480 e. The molecule has 0 aliphatic carbocycles. The number of carboxylic acid groups (broad SMARTS) is 1. The smallest absolute Gasteiger partial charge is 0.329 e. The van der Waals surface area contributed by atoms with Crippen molar-refractivity contribution in [1.29, 1.82) is 0 Å². The molecule has 2 heterocycles. The van der Waals surface area contributed by atoms with Crippen LogP contribution in [0.2, 0.25) is 8.67 Å². The minimum Gasteiger partial charge on any atom is -0.480 e. The van der Waals surface area contributed by atoms with E-state index in [1.807, 2.05) is 0 Å². The first-order valence-corrected chi connectivity index (χ1v) is 9.60. The standard InChI is InChI=1S/C12H15Cl2NO5S2/c13-10-5-9(12(14)21-10)22(18,19)15-4-2-1-3-8(15)6-20-7-11(16)17/h5,8H,1-4,6-7H2,(H,16,17). The van der Waals surface area contributed by atoms with Crippen molar-refractivity contribution in [3.8, 4) is 0 Å². The predicted octanol–water partition coefficient (Wildman–Crippen LogP) is 2.70. The van der Waals surface area contributed by atoms with E-state index in [1.165, 1.54) is 10.4 Å². The van der Waals surface area contributed by atoms with E-state index in [0.29, 0.717) is 17.3 Å². The lowest BCUT2D eigenvalue weighted by Gasteiger charge is -2.34. The summed E-state index contributed by atoms with van der Waals surface area (Å²) in [7, 11) is -3.77. The highest BCUT2D eigenvalue weighted by molar-refractivity contribution is 7.89. The van der Waals surface area contributed by atoms with Crippen LogP contribution in [0, 0.1) is 0 Å². The SMILES string of the molecule is O=C(O)COCC1CCCCN1S(=O)(=O)c1cc(Cl)sc1Cl. The van der Waals surface area contributed by atoms with Crippen molar-refractivity contribution in [2.45, 2.75) is 30.2 Å². The number of ether oxygens (including phenoxy) is 1. The van der Waals surface area contributed by atoms with Crippen molar-refractivity contribution >= 4 is 50.5 Å². The number of hydrogen-bond acceptors (Lipinski definition) is 5. The van der Waals surface area contributed by atoms with Gasteiger partial charge in [-0.1, -0.05) is 29.6 Å². The lowest BCUT2D eigenvalue weighted by Crippen LogP contribution is -2.46. The molecule has 1 saturated heterocycles. The van der Waals surface area contributed by atoms with E-state index >= 15 is 0 Å². The van der Waals surface area contributed by atoms with Gasteiger partial charge in [0.15, 0.2) is 0 Å². The van der Waals surface area contributed by atoms with Crippen LogP contribution in [-0.4, -0.2) is 49.6 Å². The minimum absolute atomic E-state index is 0.00528. The zero-order valence-electron chi connectivity index (χ0n) is 11.5. The molecule has 1 N–H and O–H groups in total. The monoisotopic (exact) mass is 387 g/mol. The Morgan fingerprint density at radius 1 is 1.45 bits per heavy atom. The fraction of sp³-hybridized carbons (Fsp3) is 0.583. The maximum absolute atomic E-state index is 12.7. The Morgan fingerprint density at radius 3 is 2.77 bits per heavy atom. The number of carbonyl (C=O) groups is 1. The van der Waals surface area contributed by atoms with Gasteiger partial charge in [-0.05, 0) is 18.9 Å². The summed E-state index contributed by atoms with van der Waals surface area (Å²) in [6.07, 6.45) is 2.23. The lowest BCUT2D eigenvalue weighted by atomic mass is 10.1. The van der Waals surface area contributed by atoms with E-state index in [0.717, 1.165) is 24.2 Å². The molecule has 0 aromatic carbocycles. The fourth-order valence-corrected chi connectivity index (χ4v) is 6.16. The van der Waals surface area contributed by atoms with Crippen molar-refractivity contribution in [3.05, 3.63) is 14.7 Å². The number of thiophene rings is 1. The van der Waals surface area contributed by atoms with E-state index in [-0.39, 0.29) is 15.8 Å². The van der Waals surface area contributed by atoms with Gasteiger partial charge in [-0.3, -0.25) is 0 Å². The maximum Gasteiger partial charge on any atom is 0.329 e. The van der Waals surface area contributed by atoms with Crippen LogP contribution in [0.25, 0.3) is 0 Å². The van der Waals surface area contributed by atoms with E-state index < -0.39 is 28.6 Å². The number of aliphatic carboxylic acids is 1. The summed E-state index contributed by atoms with van der Waals surface area (Å²) >= 11 is 12.8. The molecule has 0 radical (unpaired) electrons. The fourth-order valence-electron chi connectivity index (χ4n) is 2.37. The van der Waals surface area contributed by atoms with Crippen molar-refractivity contribution < 1.29 is 23.1 Å². The molecular weight excluding hydrogens is 373 g/mol. The van der Waals surface area contributed by atoms with Gasteiger partial charge in [-0.25, -0.2) is 13.2 Å². The quantitative estimate of drug-likeness (QED) is 0.810. The molecule has 6 nitrogen and oxygen atoms in total. The summed E-state index contributed by atoms with van der Waals surface area (Å²) in [6.45, 7) is -0.0519. The highest BCUT2D eigenvalue weighted by atomic mass is 35.5. The molecule has 0 bridgehead atoms. The number of sulfonamides is 1. The Bertz CT molecular complexity index is 646. The molecule has 0 spiro atoms. The molecule has 0 amide bonds. The Labute approximate surface area is 142 Å². The first-order valence-electron chi connectivity index (χ1n) is 6.58. The van der Waals surface area contributed by atoms with Gasteiger partial charge in [0.2, 0.25) is 10.0 Å². The third kappa shape index (κ3) is 4.12. The van der Waals surface area contributed by atoms with E-state index in [9.17, 15) is 13.2 Å². The Kier molecular flexibility index (Phi) is 6.09. The number of halogens is 2. The summed E-state index contributed by atoms with van der Waals surface area (Å²) in [5, 5.41) is 8.60. The van der Waals surface area contributed by atoms with Crippen LogP contribution in [0.3, 0.4) is 0 Å². The van der Waals surface area contributed by atoms with Crippen LogP contribution < -0.4 is 0 Å². The molecule has 124 valence electrons. The molecule has 1 unspecified atom stereocenters. The second kappa shape index (κ2) is 7.46. The molecule has 1 atom stereocenters. The second-order valence-electron chi connectivity index (χ2n) is 4.86. The second-order valence-corrected chi connectivity index (χ2v) is 9.01. The van der Waals surface area contributed by atoms with Crippen LogP contribution >= 0.6 is 34.5 Å². The van der Waals surface area contributed by atoms with E-state index in [1.54, 1.807) is 0 Å². The first kappa shape index (κ1) is 18.0. The van der Waals surface area contributed by atoms with Gasteiger partial charge in [0.25, 0.3) is 0 Å². The third-order valence-corrected chi connectivity index (χ3v) is 7.03. The van der Waals surface area contributed by atoms with E-state index in [2.05, 4.69) is 0 Å². The number of rotatable bonds is 6. The molecule has 1 fully saturated rings. The summed E-state index contributed by atoms with van der Waals surface area (Å²) in [6, 6.07) is 0.945. The molecule has 2 rings (SSSR count). The Hall–Kier alpha value is -0.380. The van der Waals surface area contributed by atoms with Gasteiger partial charge in [0.1, 0.15) is 15.8 Å². The van der Waals surface area contributed by atoms with Gasteiger partial charge < -0.3 is 9.84 Å². The zero-order valence-corrected chi connectivity index (χ0v) is 14.6. The van der Waals surface area contributed by atoms with Crippen LogP contribution in [0.15, 0.2) is 11.0 Å². The van der Waals surface area contributed by atoms with Gasteiger partial charge >= 0.3 is 5.97 Å². The van der Waals surface area contributed by atoms with Crippen LogP contribution in [-0.2, 0) is 19.6 Å².